The summed E-state index contributed by atoms with van der Waals surface area (Å²) in [5.74, 6) is -2.19. The van der Waals surface area contributed by atoms with Gasteiger partial charge >= 0.3 is 11.9 Å². The fraction of sp³-hybridized carbons (Fsp3) is 0. The van der Waals surface area contributed by atoms with Crippen molar-refractivity contribution in [3.8, 4) is 33.6 Å². The number of nitrogens with zero attached hydrogens (tertiary/aromatic N) is 2. The van der Waals surface area contributed by atoms with Gasteiger partial charge in [-0.25, -0.2) is 19.6 Å². The van der Waals surface area contributed by atoms with Gasteiger partial charge in [-0.2, -0.15) is 0 Å². The van der Waals surface area contributed by atoms with Gasteiger partial charge < -0.3 is 10.2 Å². The predicted octanol–water partition coefficient (Wildman–Crippen LogP) is 4.87. The summed E-state index contributed by atoms with van der Waals surface area (Å²) in [4.78, 5) is 31.2. The summed E-state index contributed by atoms with van der Waals surface area (Å²) in [5, 5.41) is 18.6. The third-order valence-electron chi connectivity index (χ3n) is 4.63. The molecule has 7 heteroatoms. The molecule has 4 aromatic rings. The number of aromatic nitrogens is 2. The fourth-order valence-corrected chi connectivity index (χ4v) is 3.29. The van der Waals surface area contributed by atoms with Gasteiger partial charge in [0, 0.05) is 30.6 Å². The van der Waals surface area contributed by atoms with Gasteiger partial charge in [-0.3, -0.25) is 0 Å². The van der Waals surface area contributed by atoms with Gasteiger partial charge in [0.2, 0.25) is 0 Å². The molecule has 6 nitrogen and oxygen atoms in total. The van der Waals surface area contributed by atoms with E-state index in [0.29, 0.717) is 11.4 Å². The van der Waals surface area contributed by atoms with Crippen LogP contribution in [0.3, 0.4) is 0 Å². The van der Waals surface area contributed by atoms with E-state index in [9.17, 15) is 19.8 Å². The minimum Gasteiger partial charge on any atom is -0.477 e. The Labute approximate surface area is 191 Å². The van der Waals surface area contributed by atoms with Crippen LogP contribution in [0.4, 0.5) is 0 Å². The van der Waals surface area contributed by atoms with Crippen LogP contribution in [0.25, 0.3) is 33.6 Å². The third-order valence-corrected chi connectivity index (χ3v) is 4.63. The quantitative estimate of drug-likeness (QED) is 0.411. The smallest absolute Gasteiger partial charge is 0.354 e. The second kappa shape index (κ2) is 9.41. The van der Waals surface area contributed by atoms with Crippen LogP contribution in [0.1, 0.15) is 21.0 Å². The van der Waals surface area contributed by atoms with Crippen LogP contribution in [0.5, 0.6) is 0 Å². The van der Waals surface area contributed by atoms with E-state index in [4.69, 9.17) is 0 Å². The Morgan fingerprint density at radius 1 is 0.516 bits per heavy atom. The maximum atomic E-state index is 11.3. The van der Waals surface area contributed by atoms with Crippen molar-refractivity contribution in [2.45, 2.75) is 0 Å². The van der Waals surface area contributed by atoms with Crippen LogP contribution in [0.15, 0.2) is 84.9 Å². The number of carboxylic acid groups (broad SMARTS) is 2. The normalized spacial score (nSPS) is 10.2. The van der Waals surface area contributed by atoms with E-state index in [1.165, 1.54) is 12.1 Å². The molecule has 0 spiro atoms. The molecule has 0 atom stereocenters. The molecule has 31 heavy (non-hydrogen) atoms. The molecular formula is C24H16N2O4Zn. The fourth-order valence-electron chi connectivity index (χ4n) is 3.29. The number of aromatic carboxylic acids is 2. The van der Waals surface area contributed by atoms with Crippen molar-refractivity contribution in [3.05, 3.63) is 96.3 Å². The summed E-state index contributed by atoms with van der Waals surface area (Å²) in [6.45, 7) is 0. The molecule has 0 saturated heterocycles. The maximum Gasteiger partial charge on any atom is 0.354 e. The first-order valence-electron chi connectivity index (χ1n) is 9.14. The number of hydrogen-bond donors (Lipinski definition) is 2. The average Bonchev–Trinajstić information content (AvgIpc) is 2.79. The summed E-state index contributed by atoms with van der Waals surface area (Å²) in [5.41, 5.74) is 4.21. The van der Waals surface area contributed by atoms with Gasteiger partial charge in [0.1, 0.15) is 11.4 Å². The molecule has 0 unspecified atom stereocenters. The molecule has 4 rings (SSSR count). The van der Waals surface area contributed by atoms with Crippen LogP contribution in [-0.2, 0) is 19.5 Å². The Balaban J connectivity index is 0.00000272. The second-order valence-electron chi connectivity index (χ2n) is 6.52. The van der Waals surface area contributed by atoms with Crippen molar-refractivity contribution in [1.29, 1.82) is 0 Å². The first-order valence-corrected chi connectivity index (χ1v) is 9.14. The monoisotopic (exact) mass is 460 g/mol. The maximum absolute atomic E-state index is 11.3. The number of hydrogen-bond acceptors (Lipinski definition) is 4. The van der Waals surface area contributed by atoms with Gasteiger partial charge in [0.15, 0.2) is 0 Å². The number of rotatable bonds is 5. The molecular weight excluding hydrogens is 446 g/mol. The van der Waals surface area contributed by atoms with E-state index in [1.807, 2.05) is 48.5 Å². The zero-order valence-corrected chi connectivity index (χ0v) is 19.4. The van der Waals surface area contributed by atoms with Crippen molar-refractivity contribution in [2.24, 2.45) is 0 Å². The second-order valence-corrected chi connectivity index (χ2v) is 6.52. The Bertz CT molecular complexity index is 1170. The van der Waals surface area contributed by atoms with Crippen LogP contribution in [0, 0.1) is 0 Å². The SMILES string of the molecule is O=C(O)c1cccc(-c2ccccc2-c2ccccc2-c2cccc(C(=O)O)n2)n1.[Zn]. The summed E-state index contributed by atoms with van der Waals surface area (Å²) in [6.07, 6.45) is 0. The van der Waals surface area contributed by atoms with Crippen molar-refractivity contribution >= 4 is 11.9 Å². The predicted molar refractivity (Wildman–Crippen MR) is 112 cm³/mol. The molecule has 0 aliphatic rings. The molecule has 0 aliphatic heterocycles. The zero-order chi connectivity index (χ0) is 21.1. The van der Waals surface area contributed by atoms with E-state index in [1.54, 1.807) is 24.3 Å². The summed E-state index contributed by atoms with van der Waals surface area (Å²) in [6, 6.07) is 24.8. The van der Waals surface area contributed by atoms with Crippen LogP contribution in [-0.4, -0.2) is 32.1 Å². The summed E-state index contributed by atoms with van der Waals surface area (Å²) >= 11 is 0. The Morgan fingerprint density at radius 2 is 0.871 bits per heavy atom. The van der Waals surface area contributed by atoms with Crippen LogP contribution >= 0.6 is 0 Å². The van der Waals surface area contributed by atoms with Crippen LogP contribution < -0.4 is 0 Å². The zero-order valence-electron chi connectivity index (χ0n) is 16.4. The molecule has 0 radical (unpaired) electrons. The molecule has 0 bridgehead atoms. The van der Waals surface area contributed by atoms with Crippen molar-refractivity contribution in [2.75, 3.05) is 0 Å². The van der Waals surface area contributed by atoms with Gasteiger partial charge in [0.05, 0.1) is 11.4 Å². The molecule has 2 aromatic carbocycles. The summed E-state index contributed by atoms with van der Waals surface area (Å²) in [7, 11) is 0. The van der Waals surface area contributed by atoms with Crippen molar-refractivity contribution < 1.29 is 39.3 Å². The first kappa shape index (κ1) is 22.0. The largest absolute Gasteiger partial charge is 0.477 e. The molecule has 0 aliphatic carbocycles. The third kappa shape index (κ3) is 4.57. The number of benzene rings is 2. The molecule has 0 saturated carbocycles. The number of carboxylic acids is 2. The van der Waals surface area contributed by atoms with Crippen molar-refractivity contribution in [1.82, 2.24) is 9.97 Å². The topological polar surface area (TPSA) is 100 Å². The standard InChI is InChI=1S/C24H16N2O4.Zn/c27-23(28)21-13-5-11-19(25-21)17-9-3-1-7-15(17)16-8-2-4-10-18(16)20-12-6-14-22(26-20)24(29)30;/h1-14H,(H,27,28)(H,29,30);. The van der Waals surface area contributed by atoms with Crippen molar-refractivity contribution in [3.63, 3.8) is 0 Å². The van der Waals surface area contributed by atoms with Gasteiger partial charge in [-0.05, 0) is 35.4 Å². The molecule has 2 aromatic heterocycles. The molecule has 0 amide bonds. The average molecular weight is 462 g/mol. The van der Waals surface area contributed by atoms with Crippen LogP contribution in [0.2, 0.25) is 0 Å². The summed E-state index contributed by atoms with van der Waals surface area (Å²) < 4.78 is 0. The Kier molecular flexibility index (Phi) is 6.68. The first-order chi connectivity index (χ1) is 14.5. The minimum absolute atomic E-state index is 0. The Morgan fingerprint density at radius 3 is 1.23 bits per heavy atom. The van der Waals surface area contributed by atoms with E-state index < -0.39 is 11.9 Å². The molecule has 2 heterocycles. The minimum atomic E-state index is -1.09. The van der Waals surface area contributed by atoms with E-state index >= 15 is 0 Å². The van der Waals surface area contributed by atoms with Gasteiger partial charge in [0.25, 0.3) is 0 Å². The number of carbonyl (C=O) groups is 2. The molecule has 148 valence electrons. The van der Waals surface area contributed by atoms with E-state index in [-0.39, 0.29) is 30.9 Å². The number of pyridine rings is 2. The molecule has 0 fully saturated rings. The van der Waals surface area contributed by atoms with Gasteiger partial charge in [-0.15, -0.1) is 0 Å². The van der Waals surface area contributed by atoms with E-state index in [0.717, 1.165) is 22.3 Å². The van der Waals surface area contributed by atoms with Gasteiger partial charge in [-0.1, -0.05) is 60.7 Å². The Hall–Kier alpha value is -3.70. The molecule has 2 N–H and O–H groups in total. The van der Waals surface area contributed by atoms with E-state index in [2.05, 4.69) is 9.97 Å².